The van der Waals surface area contributed by atoms with Crippen LogP contribution in [-0.2, 0) is 16.4 Å². The van der Waals surface area contributed by atoms with E-state index in [0.717, 1.165) is 28.7 Å². The summed E-state index contributed by atoms with van der Waals surface area (Å²) in [5.41, 5.74) is 3.34. The number of ether oxygens (including phenoxy) is 1. The van der Waals surface area contributed by atoms with Crippen LogP contribution in [0.3, 0.4) is 0 Å². The Bertz CT molecular complexity index is 1120. The van der Waals surface area contributed by atoms with Gasteiger partial charge in [-0.05, 0) is 60.9 Å². The van der Waals surface area contributed by atoms with Gasteiger partial charge < -0.3 is 10.1 Å². The molecule has 0 aliphatic carbocycles. The topological polar surface area (TPSA) is 85.4 Å². The Kier molecular flexibility index (Phi) is 5.98. The van der Waals surface area contributed by atoms with Gasteiger partial charge in [0.1, 0.15) is 5.75 Å². The van der Waals surface area contributed by atoms with Crippen molar-refractivity contribution >= 4 is 15.7 Å². The number of aromatic nitrogens is 1. The SMILES string of the molecule is Cc1ccc(C)c(Oc2ccc(CNC(=O)c3ccc(S(C)(=O)=O)cc3)cn2)c1. The molecule has 1 N–H and O–H groups in total. The number of pyridine rings is 1. The minimum atomic E-state index is -3.28. The molecule has 150 valence electrons. The van der Waals surface area contributed by atoms with Crippen LogP contribution in [0.2, 0.25) is 0 Å². The van der Waals surface area contributed by atoms with E-state index in [1.54, 1.807) is 12.3 Å². The van der Waals surface area contributed by atoms with Crippen LogP contribution in [0.4, 0.5) is 0 Å². The second-order valence-electron chi connectivity index (χ2n) is 6.85. The fourth-order valence-corrected chi connectivity index (χ4v) is 3.27. The third kappa shape index (κ3) is 5.42. The Labute approximate surface area is 170 Å². The highest BCUT2D eigenvalue weighted by molar-refractivity contribution is 7.90. The fraction of sp³-hybridized carbons (Fsp3) is 0.182. The molecule has 7 heteroatoms. The maximum atomic E-state index is 12.3. The van der Waals surface area contributed by atoms with Crippen molar-refractivity contribution in [3.05, 3.63) is 83.0 Å². The zero-order valence-electron chi connectivity index (χ0n) is 16.5. The molecule has 0 fully saturated rings. The molecular weight excluding hydrogens is 388 g/mol. The molecule has 6 nitrogen and oxygen atoms in total. The highest BCUT2D eigenvalue weighted by Gasteiger charge is 2.10. The molecule has 0 aliphatic rings. The van der Waals surface area contributed by atoms with E-state index in [1.807, 2.05) is 38.1 Å². The molecule has 0 saturated carbocycles. The first-order valence-corrected chi connectivity index (χ1v) is 10.9. The summed E-state index contributed by atoms with van der Waals surface area (Å²) in [7, 11) is -3.28. The minimum Gasteiger partial charge on any atom is -0.439 e. The zero-order chi connectivity index (χ0) is 21.0. The second kappa shape index (κ2) is 8.45. The molecule has 0 radical (unpaired) electrons. The first-order chi connectivity index (χ1) is 13.7. The number of sulfone groups is 1. The Morgan fingerprint density at radius 3 is 2.38 bits per heavy atom. The second-order valence-corrected chi connectivity index (χ2v) is 8.87. The molecule has 1 aromatic heterocycles. The van der Waals surface area contributed by atoms with Gasteiger partial charge in [-0.15, -0.1) is 0 Å². The smallest absolute Gasteiger partial charge is 0.251 e. The third-order valence-corrected chi connectivity index (χ3v) is 5.48. The lowest BCUT2D eigenvalue weighted by atomic mass is 10.1. The maximum Gasteiger partial charge on any atom is 0.251 e. The summed E-state index contributed by atoms with van der Waals surface area (Å²) < 4.78 is 28.8. The summed E-state index contributed by atoms with van der Waals surface area (Å²) in [5, 5.41) is 2.79. The van der Waals surface area contributed by atoms with Crippen LogP contribution < -0.4 is 10.1 Å². The molecule has 0 aliphatic heterocycles. The average Bonchev–Trinajstić information content (AvgIpc) is 2.69. The standard InChI is InChI=1S/C22H22N2O4S/c1-15-4-5-16(2)20(12-15)28-21-11-6-17(13-23-21)14-24-22(25)18-7-9-19(10-8-18)29(3,26)27/h4-13H,14H2,1-3H3,(H,24,25). The minimum absolute atomic E-state index is 0.178. The Hall–Kier alpha value is -3.19. The molecule has 0 saturated heterocycles. The number of carbonyl (C=O) groups excluding carboxylic acids is 1. The lowest BCUT2D eigenvalue weighted by Crippen LogP contribution is -2.22. The average molecular weight is 410 g/mol. The van der Waals surface area contributed by atoms with Crippen LogP contribution in [0.1, 0.15) is 27.0 Å². The predicted octanol–water partition coefficient (Wildman–Crippen LogP) is 3.82. The first kappa shape index (κ1) is 20.5. The van der Waals surface area contributed by atoms with Crippen molar-refractivity contribution in [3.8, 4) is 11.6 Å². The van der Waals surface area contributed by atoms with Gasteiger partial charge in [-0.2, -0.15) is 0 Å². The summed E-state index contributed by atoms with van der Waals surface area (Å²) in [5.74, 6) is 0.946. The molecule has 29 heavy (non-hydrogen) atoms. The number of rotatable bonds is 6. The number of aryl methyl sites for hydroxylation is 2. The molecule has 1 heterocycles. The van der Waals surface area contributed by atoms with Crippen LogP contribution in [0, 0.1) is 13.8 Å². The molecule has 3 rings (SSSR count). The monoisotopic (exact) mass is 410 g/mol. The molecule has 0 atom stereocenters. The number of carbonyl (C=O) groups is 1. The fourth-order valence-electron chi connectivity index (χ4n) is 2.64. The summed E-state index contributed by atoms with van der Waals surface area (Å²) in [6.45, 7) is 4.27. The molecule has 3 aromatic rings. The van der Waals surface area contributed by atoms with Crippen molar-refractivity contribution in [2.24, 2.45) is 0 Å². The predicted molar refractivity (Wildman–Crippen MR) is 111 cm³/mol. The van der Waals surface area contributed by atoms with E-state index >= 15 is 0 Å². The lowest BCUT2D eigenvalue weighted by Gasteiger charge is -2.10. The van der Waals surface area contributed by atoms with Crippen LogP contribution >= 0.6 is 0 Å². The van der Waals surface area contributed by atoms with E-state index in [0.29, 0.717) is 18.0 Å². The highest BCUT2D eigenvalue weighted by Crippen LogP contribution is 2.24. The third-order valence-electron chi connectivity index (χ3n) is 4.35. The zero-order valence-corrected chi connectivity index (χ0v) is 17.3. The summed E-state index contributed by atoms with van der Waals surface area (Å²) in [6, 6.07) is 15.4. The summed E-state index contributed by atoms with van der Waals surface area (Å²) in [4.78, 5) is 16.7. The van der Waals surface area contributed by atoms with Crippen LogP contribution in [0.15, 0.2) is 65.7 Å². The number of nitrogens with one attached hydrogen (secondary N) is 1. The molecule has 0 bridgehead atoms. The number of hydrogen-bond acceptors (Lipinski definition) is 5. The van der Waals surface area contributed by atoms with E-state index in [4.69, 9.17) is 4.74 Å². The van der Waals surface area contributed by atoms with Gasteiger partial charge in [0, 0.05) is 30.6 Å². The normalized spacial score (nSPS) is 11.1. The van der Waals surface area contributed by atoms with Crippen molar-refractivity contribution in [2.75, 3.05) is 6.26 Å². The number of amides is 1. The van der Waals surface area contributed by atoms with E-state index < -0.39 is 9.84 Å². The van der Waals surface area contributed by atoms with Crippen molar-refractivity contribution in [1.82, 2.24) is 10.3 Å². The molecule has 0 unspecified atom stereocenters. The van der Waals surface area contributed by atoms with E-state index in [9.17, 15) is 13.2 Å². The maximum absolute atomic E-state index is 12.3. The summed E-state index contributed by atoms with van der Waals surface area (Å²) >= 11 is 0. The van der Waals surface area contributed by atoms with Gasteiger partial charge in [-0.1, -0.05) is 18.2 Å². The van der Waals surface area contributed by atoms with Gasteiger partial charge in [0.2, 0.25) is 5.88 Å². The molecule has 1 amide bonds. The van der Waals surface area contributed by atoms with Crippen molar-refractivity contribution in [3.63, 3.8) is 0 Å². The number of hydrogen-bond donors (Lipinski definition) is 1. The largest absolute Gasteiger partial charge is 0.439 e. The Morgan fingerprint density at radius 1 is 1.03 bits per heavy atom. The van der Waals surface area contributed by atoms with E-state index in [-0.39, 0.29) is 10.8 Å². The molecular formula is C22H22N2O4S. The van der Waals surface area contributed by atoms with E-state index in [2.05, 4.69) is 10.3 Å². The quantitative estimate of drug-likeness (QED) is 0.668. The van der Waals surface area contributed by atoms with E-state index in [1.165, 1.54) is 24.3 Å². The highest BCUT2D eigenvalue weighted by atomic mass is 32.2. The van der Waals surface area contributed by atoms with Gasteiger partial charge in [0.25, 0.3) is 5.91 Å². The van der Waals surface area contributed by atoms with Crippen LogP contribution in [-0.4, -0.2) is 25.6 Å². The van der Waals surface area contributed by atoms with Crippen molar-refractivity contribution in [1.29, 1.82) is 0 Å². The van der Waals surface area contributed by atoms with Crippen molar-refractivity contribution in [2.45, 2.75) is 25.3 Å². The Morgan fingerprint density at radius 2 is 1.76 bits per heavy atom. The van der Waals surface area contributed by atoms with Gasteiger partial charge in [0.05, 0.1) is 4.90 Å². The number of nitrogens with zero attached hydrogens (tertiary/aromatic N) is 1. The van der Waals surface area contributed by atoms with Gasteiger partial charge >= 0.3 is 0 Å². The van der Waals surface area contributed by atoms with Gasteiger partial charge in [-0.25, -0.2) is 13.4 Å². The molecule has 0 spiro atoms. The van der Waals surface area contributed by atoms with Gasteiger partial charge in [-0.3, -0.25) is 4.79 Å². The molecule has 2 aromatic carbocycles. The Balaban J connectivity index is 1.60. The van der Waals surface area contributed by atoms with Crippen molar-refractivity contribution < 1.29 is 17.9 Å². The summed E-state index contributed by atoms with van der Waals surface area (Å²) in [6.07, 6.45) is 2.77. The number of benzene rings is 2. The van der Waals surface area contributed by atoms with Crippen LogP contribution in [0.25, 0.3) is 0 Å². The lowest BCUT2D eigenvalue weighted by molar-refractivity contribution is 0.0951. The first-order valence-electron chi connectivity index (χ1n) is 9.01. The van der Waals surface area contributed by atoms with Crippen LogP contribution in [0.5, 0.6) is 11.6 Å². The van der Waals surface area contributed by atoms with Gasteiger partial charge in [0.15, 0.2) is 9.84 Å².